The predicted molar refractivity (Wildman–Crippen MR) is 102 cm³/mol. The Balaban J connectivity index is 1.79. The van der Waals surface area contributed by atoms with Crippen molar-refractivity contribution in [1.82, 2.24) is 9.21 Å². The van der Waals surface area contributed by atoms with Crippen molar-refractivity contribution >= 4 is 10.0 Å². The van der Waals surface area contributed by atoms with Gasteiger partial charge in [-0.2, -0.15) is 4.31 Å². The van der Waals surface area contributed by atoms with Crippen LogP contribution in [0.15, 0.2) is 59.5 Å². The number of morpholine rings is 1. The summed E-state index contributed by atoms with van der Waals surface area (Å²) in [5, 5.41) is 0. The van der Waals surface area contributed by atoms with Crippen LogP contribution >= 0.6 is 0 Å². The standard InChI is InChI=1S/C20H26N2O3S/c1-18-7-9-20(10-8-18)26(23,24)22(17-19-5-3-2-4-6-19)12-11-21-13-15-25-16-14-21/h2-10H,11-17H2,1H3. The molecule has 140 valence electrons. The van der Waals surface area contributed by atoms with Crippen molar-refractivity contribution in [2.24, 2.45) is 0 Å². The van der Waals surface area contributed by atoms with Gasteiger partial charge in [0, 0.05) is 32.7 Å². The molecule has 1 saturated heterocycles. The second kappa shape index (κ2) is 8.77. The minimum absolute atomic E-state index is 0.348. The molecule has 0 aliphatic carbocycles. The van der Waals surface area contributed by atoms with Gasteiger partial charge in [0.05, 0.1) is 18.1 Å². The number of sulfonamides is 1. The number of rotatable bonds is 7. The molecule has 0 atom stereocenters. The normalized spacial score (nSPS) is 16.1. The highest BCUT2D eigenvalue weighted by Crippen LogP contribution is 2.19. The first kappa shape index (κ1) is 19.0. The van der Waals surface area contributed by atoms with E-state index in [0.29, 0.717) is 37.7 Å². The van der Waals surface area contributed by atoms with E-state index >= 15 is 0 Å². The van der Waals surface area contributed by atoms with Crippen molar-refractivity contribution in [3.63, 3.8) is 0 Å². The van der Waals surface area contributed by atoms with E-state index in [1.807, 2.05) is 49.4 Å². The Bertz CT molecular complexity index is 786. The topological polar surface area (TPSA) is 49.9 Å². The van der Waals surface area contributed by atoms with Crippen LogP contribution in [-0.4, -0.2) is 57.0 Å². The first-order valence-corrected chi connectivity index (χ1v) is 10.4. The highest BCUT2D eigenvalue weighted by atomic mass is 32.2. The molecule has 0 spiro atoms. The predicted octanol–water partition coefficient (Wildman–Crippen LogP) is 2.52. The molecule has 2 aromatic rings. The first-order chi connectivity index (χ1) is 12.6. The molecular formula is C20H26N2O3S. The van der Waals surface area contributed by atoms with Crippen LogP contribution in [0.1, 0.15) is 11.1 Å². The third-order valence-corrected chi connectivity index (χ3v) is 6.49. The molecule has 5 nitrogen and oxygen atoms in total. The maximum Gasteiger partial charge on any atom is 0.243 e. The second-order valence-corrected chi connectivity index (χ2v) is 8.53. The Morgan fingerprint density at radius 3 is 2.31 bits per heavy atom. The molecule has 6 heteroatoms. The lowest BCUT2D eigenvalue weighted by molar-refractivity contribution is 0.0361. The molecule has 1 aliphatic rings. The van der Waals surface area contributed by atoms with Gasteiger partial charge in [-0.15, -0.1) is 0 Å². The lowest BCUT2D eigenvalue weighted by Crippen LogP contribution is -2.42. The number of ether oxygens (including phenoxy) is 1. The summed E-state index contributed by atoms with van der Waals surface area (Å²) in [7, 11) is -3.54. The van der Waals surface area contributed by atoms with Crippen LogP contribution in [0.4, 0.5) is 0 Å². The Morgan fingerprint density at radius 1 is 1.00 bits per heavy atom. The van der Waals surface area contributed by atoms with Crippen molar-refractivity contribution < 1.29 is 13.2 Å². The van der Waals surface area contributed by atoms with Gasteiger partial charge in [0.15, 0.2) is 0 Å². The molecular weight excluding hydrogens is 348 g/mol. The summed E-state index contributed by atoms with van der Waals surface area (Å²) in [4.78, 5) is 2.60. The molecule has 0 aromatic heterocycles. The fourth-order valence-electron chi connectivity index (χ4n) is 3.01. The summed E-state index contributed by atoms with van der Waals surface area (Å²) in [6, 6.07) is 16.8. The second-order valence-electron chi connectivity index (χ2n) is 6.59. The zero-order valence-corrected chi connectivity index (χ0v) is 16.0. The van der Waals surface area contributed by atoms with Crippen molar-refractivity contribution in [3.8, 4) is 0 Å². The van der Waals surface area contributed by atoms with Gasteiger partial charge in [0.2, 0.25) is 10.0 Å². The molecule has 0 N–H and O–H groups in total. The number of benzene rings is 2. The Labute approximate surface area is 156 Å². The van der Waals surface area contributed by atoms with E-state index in [2.05, 4.69) is 4.90 Å². The average Bonchev–Trinajstić information content (AvgIpc) is 2.67. The fraction of sp³-hybridized carbons (Fsp3) is 0.400. The lowest BCUT2D eigenvalue weighted by Gasteiger charge is -2.29. The van der Waals surface area contributed by atoms with Crippen molar-refractivity contribution in [1.29, 1.82) is 0 Å². The van der Waals surface area contributed by atoms with Crippen molar-refractivity contribution in [2.45, 2.75) is 18.4 Å². The van der Waals surface area contributed by atoms with Gasteiger partial charge >= 0.3 is 0 Å². The maximum atomic E-state index is 13.2. The summed E-state index contributed by atoms with van der Waals surface area (Å²) < 4.78 is 33.4. The zero-order valence-electron chi connectivity index (χ0n) is 15.2. The Hall–Kier alpha value is -1.73. The van der Waals surface area contributed by atoms with E-state index in [1.54, 1.807) is 16.4 Å². The minimum Gasteiger partial charge on any atom is -0.379 e. The number of aryl methyl sites for hydroxylation is 1. The number of nitrogens with zero attached hydrogens (tertiary/aromatic N) is 2. The molecule has 1 fully saturated rings. The van der Waals surface area contributed by atoms with Crippen LogP contribution in [0.25, 0.3) is 0 Å². The molecule has 2 aromatic carbocycles. The number of hydrogen-bond acceptors (Lipinski definition) is 4. The number of hydrogen-bond donors (Lipinski definition) is 0. The van der Waals surface area contributed by atoms with Gasteiger partial charge in [-0.3, -0.25) is 4.90 Å². The van der Waals surface area contributed by atoms with E-state index in [0.717, 1.165) is 24.2 Å². The molecule has 0 saturated carbocycles. The van der Waals surface area contributed by atoms with E-state index < -0.39 is 10.0 Å². The summed E-state index contributed by atoms with van der Waals surface area (Å²) in [6.07, 6.45) is 0. The molecule has 0 unspecified atom stereocenters. The largest absolute Gasteiger partial charge is 0.379 e. The van der Waals surface area contributed by atoms with Crippen molar-refractivity contribution in [2.75, 3.05) is 39.4 Å². The third kappa shape index (κ3) is 4.92. The third-order valence-electron chi connectivity index (χ3n) is 4.63. The smallest absolute Gasteiger partial charge is 0.243 e. The fourth-order valence-corrected chi connectivity index (χ4v) is 4.43. The molecule has 1 aliphatic heterocycles. The monoisotopic (exact) mass is 374 g/mol. The zero-order chi connectivity index (χ0) is 18.4. The summed E-state index contributed by atoms with van der Waals surface area (Å²) in [5.74, 6) is 0. The van der Waals surface area contributed by atoms with Gasteiger partial charge in [-0.1, -0.05) is 48.0 Å². The quantitative estimate of drug-likeness (QED) is 0.747. The SMILES string of the molecule is Cc1ccc(S(=O)(=O)N(CCN2CCOCC2)Cc2ccccc2)cc1. The summed E-state index contributed by atoms with van der Waals surface area (Å²) in [5.41, 5.74) is 2.04. The van der Waals surface area contributed by atoms with E-state index in [4.69, 9.17) is 4.74 Å². The van der Waals surface area contributed by atoms with Gasteiger partial charge in [0.1, 0.15) is 0 Å². The summed E-state index contributed by atoms with van der Waals surface area (Å²) >= 11 is 0. The van der Waals surface area contributed by atoms with Crippen LogP contribution in [0.2, 0.25) is 0 Å². The van der Waals surface area contributed by atoms with Crippen LogP contribution in [0, 0.1) is 6.92 Å². The van der Waals surface area contributed by atoms with E-state index in [1.165, 1.54) is 0 Å². The molecule has 3 rings (SSSR count). The average molecular weight is 375 g/mol. The van der Waals surface area contributed by atoms with Crippen LogP contribution in [0.5, 0.6) is 0 Å². The molecule has 26 heavy (non-hydrogen) atoms. The van der Waals surface area contributed by atoms with Crippen molar-refractivity contribution in [3.05, 3.63) is 65.7 Å². The first-order valence-electron chi connectivity index (χ1n) is 8.96. The highest BCUT2D eigenvalue weighted by Gasteiger charge is 2.25. The van der Waals surface area contributed by atoms with Crippen LogP contribution in [0.3, 0.4) is 0 Å². The lowest BCUT2D eigenvalue weighted by atomic mass is 10.2. The van der Waals surface area contributed by atoms with Gasteiger partial charge in [0.25, 0.3) is 0 Å². The van der Waals surface area contributed by atoms with Gasteiger partial charge in [-0.25, -0.2) is 8.42 Å². The molecule has 0 radical (unpaired) electrons. The van der Waals surface area contributed by atoms with Gasteiger partial charge in [-0.05, 0) is 24.6 Å². The Kier molecular flexibility index (Phi) is 6.43. The van der Waals surface area contributed by atoms with Crippen LogP contribution < -0.4 is 0 Å². The van der Waals surface area contributed by atoms with E-state index in [9.17, 15) is 8.42 Å². The molecule has 0 bridgehead atoms. The minimum atomic E-state index is -3.54. The highest BCUT2D eigenvalue weighted by molar-refractivity contribution is 7.89. The van der Waals surface area contributed by atoms with Gasteiger partial charge < -0.3 is 4.74 Å². The molecule has 1 heterocycles. The maximum absolute atomic E-state index is 13.2. The van der Waals surface area contributed by atoms with Crippen LogP contribution in [-0.2, 0) is 21.3 Å². The van der Waals surface area contributed by atoms with E-state index in [-0.39, 0.29) is 0 Å². The molecule has 0 amide bonds. The Morgan fingerprint density at radius 2 is 1.65 bits per heavy atom. The summed E-state index contributed by atoms with van der Waals surface area (Å²) in [6.45, 7) is 6.63.